The Hall–Kier alpha value is -1.41. The largest absolute Gasteiger partial charge is 0.490 e. The number of benzene rings is 1. The Morgan fingerprint density at radius 1 is 1.35 bits per heavy atom. The molecule has 0 amide bonds. The number of hydrogen-bond donors (Lipinski definition) is 2. The summed E-state index contributed by atoms with van der Waals surface area (Å²) in [6, 6.07) is 3.76. The lowest BCUT2D eigenvalue weighted by Crippen LogP contribution is -2.44. The van der Waals surface area contributed by atoms with Crippen molar-refractivity contribution in [3.8, 4) is 5.75 Å². The van der Waals surface area contributed by atoms with Gasteiger partial charge in [0.2, 0.25) is 0 Å². The van der Waals surface area contributed by atoms with Crippen LogP contribution in [0.15, 0.2) is 18.3 Å². The molecule has 144 valence electrons. The third-order valence-corrected chi connectivity index (χ3v) is 10.2. The minimum Gasteiger partial charge on any atom is -0.490 e. The molecule has 1 aliphatic rings. The topological polar surface area (TPSA) is 76.7 Å². The quantitative estimate of drug-likeness (QED) is 0.799. The van der Waals surface area contributed by atoms with Crippen molar-refractivity contribution in [2.75, 3.05) is 6.61 Å². The standard InChI is InChI=1S/C19H30N2O4Si/c1-12(25-26(5,6)19(2,3)4)10-21-17-13(9-20-21)7-8-15-16(17)18(23)14(22)11-24-15/h7-9,12,14,18,22-23H,10-11H2,1-6H3/t12-,14+,18+/m1/s1. The minimum atomic E-state index is -1.88. The molecule has 26 heavy (non-hydrogen) atoms. The van der Waals surface area contributed by atoms with Crippen LogP contribution in [0, 0.1) is 0 Å². The van der Waals surface area contributed by atoms with E-state index in [1.165, 1.54) is 0 Å². The second-order valence-electron chi connectivity index (χ2n) is 8.75. The summed E-state index contributed by atoms with van der Waals surface area (Å²) in [5, 5.41) is 26.1. The Kier molecular flexibility index (Phi) is 4.94. The monoisotopic (exact) mass is 378 g/mol. The molecule has 0 saturated heterocycles. The molecule has 2 heterocycles. The van der Waals surface area contributed by atoms with Crippen molar-refractivity contribution in [3.05, 3.63) is 23.9 Å². The van der Waals surface area contributed by atoms with Gasteiger partial charge in [0.05, 0.1) is 29.9 Å². The van der Waals surface area contributed by atoms with Crippen LogP contribution < -0.4 is 4.74 Å². The summed E-state index contributed by atoms with van der Waals surface area (Å²) in [6.07, 6.45) is -0.143. The van der Waals surface area contributed by atoms with Gasteiger partial charge in [0.25, 0.3) is 0 Å². The van der Waals surface area contributed by atoms with Gasteiger partial charge in [0.1, 0.15) is 24.6 Å². The first-order chi connectivity index (χ1) is 12.0. The maximum atomic E-state index is 10.5. The van der Waals surface area contributed by atoms with E-state index in [-0.39, 0.29) is 17.7 Å². The predicted molar refractivity (Wildman–Crippen MR) is 104 cm³/mol. The zero-order valence-electron chi connectivity index (χ0n) is 16.5. The molecule has 1 aliphatic heterocycles. The number of aromatic nitrogens is 2. The van der Waals surface area contributed by atoms with Crippen molar-refractivity contribution in [3.63, 3.8) is 0 Å². The first-order valence-corrected chi connectivity index (χ1v) is 12.1. The fourth-order valence-corrected chi connectivity index (χ4v) is 4.59. The summed E-state index contributed by atoms with van der Waals surface area (Å²) in [5.41, 5.74) is 1.41. The molecule has 6 nitrogen and oxygen atoms in total. The van der Waals surface area contributed by atoms with Gasteiger partial charge in [0, 0.05) is 5.39 Å². The molecule has 3 atom stereocenters. The highest BCUT2D eigenvalue weighted by Gasteiger charge is 2.38. The lowest BCUT2D eigenvalue weighted by Gasteiger charge is -2.38. The van der Waals surface area contributed by atoms with Gasteiger partial charge < -0.3 is 19.4 Å². The smallest absolute Gasteiger partial charge is 0.192 e. The molecular formula is C19H30N2O4Si. The van der Waals surface area contributed by atoms with Gasteiger partial charge in [-0.2, -0.15) is 5.10 Å². The van der Waals surface area contributed by atoms with Crippen LogP contribution in [0.25, 0.3) is 10.9 Å². The first kappa shape index (κ1) is 19.4. The molecular weight excluding hydrogens is 348 g/mol. The molecule has 0 radical (unpaired) electrons. The fourth-order valence-electron chi connectivity index (χ4n) is 3.16. The number of fused-ring (bicyclic) bond motifs is 3. The number of hydrogen-bond acceptors (Lipinski definition) is 5. The van der Waals surface area contributed by atoms with Crippen molar-refractivity contribution in [1.29, 1.82) is 0 Å². The van der Waals surface area contributed by atoms with Crippen LogP contribution in [0.4, 0.5) is 0 Å². The average molecular weight is 379 g/mol. The normalized spacial score (nSPS) is 22.2. The summed E-state index contributed by atoms with van der Waals surface area (Å²) in [7, 11) is -1.88. The second kappa shape index (κ2) is 6.63. The zero-order chi connectivity index (χ0) is 19.3. The van der Waals surface area contributed by atoms with E-state index in [1.54, 1.807) is 6.20 Å². The van der Waals surface area contributed by atoms with Crippen LogP contribution in [-0.2, 0) is 11.0 Å². The van der Waals surface area contributed by atoms with Gasteiger partial charge >= 0.3 is 0 Å². The molecule has 0 fully saturated rings. The summed E-state index contributed by atoms with van der Waals surface area (Å²) in [6.45, 7) is 13.9. The Morgan fingerprint density at radius 2 is 2.04 bits per heavy atom. The van der Waals surface area contributed by atoms with Crippen LogP contribution in [0.2, 0.25) is 18.1 Å². The molecule has 0 bridgehead atoms. The number of nitrogens with zero attached hydrogens (tertiary/aromatic N) is 2. The number of ether oxygens (including phenoxy) is 1. The van der Waals surface area contributed by atoms with E-state index in [2.05, 4.69) is 45.9 Å². The molecule has 1 aromatic carbocycles. The van der Waals surface area contributed by atoms with Crippen LogP contribution in [0.5, 0.6) is 5.75 Å². The lowest BCUT2D eigenvalue weighted by molar-refractivity contribution is -0.0248. The molecule has 1 aromatic heterocycles. The fraction of sp³-hybridized carbons (Fsp3) is 0.632. The Labute approximate surface area is 155 Å². The summed E-state index contributed by atoms with van der Waals surface area (Å²) in [4.78, 5) is 0. The number of aliphatic hydroxyl groups is 2. The Morgan fingerprint density at radius 3 is 2.69 bits per heavy atom. The SMILES string of the molecule is C[C@H](Cn1ncc2ccc3c(c21)[C@@H](O)[C@@H](O)CO3)O[Si](C)(C)C(C)(C)C. The summed E-state index contributed by atoms with van der Waals surface area (Å²) in [5.74, 6) is 0.606. The van der Waals surface area contributed by atoms with Crippen molar-refractivity contribution in [2.45, 2.75) is 70.7 Å². The van der Waals surface area contributed by atoms with Crippen molar-refractivity contribution >= 4 is 19.2 Å². The van der Waals surface area contributed by atoms with Crippen molar-refractivity contribution in [1.82, 2.24) is 9.78 Å². The predicted octanol–water partition coefficient (Wildman–Crippen LogP) is 3.23. The molecule has 3 rings (SSSR count). The molecule has 2 aromatic rings. The van der Waals surface area contributed by atoms with E-state index in [4.69, 9.17) is 9.16 Å². The van der Waals surface area contributed by atoms with Gasteiger partial charge in [-0.1, -0.05) is 20.8 Å². The molecule has 2 N–H and O–H groups in total. The lowest BCUT2D eigenvalue weighted by atomic mass is 9.98. The van der Waals surface area contributed by atoms with Gasteiger partial charge in [-0.3, -0.25) is 4.68 Å². The molecule has 0 aliphatic carbocycles. The maximum absolute atomic E-state index is 10.5. The number of aliphatic hydroxyl groups excluding tert-OH is 2. The second-order valence-corrected chi connectivity index (χ2v) is 13.5. The highest BCUT2D eigenvalue weighted by Crippen LogP contribution is 2.39. The summed E-state index contributed by atoms with van der Waals surface area (Å²) >= 11 is 0. The van der Waals surface area contributed by atoms with Crippen molar-refractivity contribution < 1.29 is 19.4 Å². The van der Waals surface area contributed by atoms with E-state index in [1.807, 2.05) is 16.8 Å². The van der Waals surface area contributed by atoms with E-state index in [0.717, 1.165) is 10.9 Å². The van der Waals surface area contributed by atoms with E-state index in [9.17, 15) is 10.2 Å². The minimum absolute atomic E-state index is 0.0126. The first-order valence-electron chi connectivity index (χ1n) is 9.16. The Balaban J connectivity index is 1.92. The number of rotatable bonds is 4. The molecule has 0 spiro atoms. The highest BCUT2D eigenvalue weighted by atomic mass is 28.4. The van der Waals surface area contributed by atoms with Gasteiger partial charge in [-0.05, 0) is 37.2 Å². The van der Waals surface area contributed by atoms with Gasteiger partial charge in [-0.15, -0.1) is 0 Å². The zero-order valence-corrected chi connectivity index (χ0v) is 17.5. The summed E-state index contributed by atoms with van der Waals surface area (Å²) < 4.78 is 13.9. The van der Waals surface area contributed by atoms with E-state index in [0.29, 0.717) is 17.9 Å². The van der Waals surface area contributed by atoms with Crippen LogP contribution >= 0.6 is 0 Å². The van der Waals surface area contributed by atoms with E-state index >= 15 is 0 Å². The third kappa shape index (κ3) is 3.41. The van der Waals surface area contributed by atoms with E-state index < -0.39 is 20.5 Å². The average Bonchev–Trinajstić information content (AvgIpc) is 2.92. The van der Waals surface area contributed by atoms with Crippen molar-refractivity contribution in [2.24, 2.45) is 0 Å². The molecule has 0 unspecified atom stereocenters. The molecule has 0 saturated carbocycles. The third-order valence-electron chi connectivity index (χ3n) is 5.60. The van der Waals surface area contributed by atoms with Crippen LogP contribution in [-0.4, -0.2) is 47.1 Å². The molecule has 7 heteroatoms. The highest BCUT2D eigenvalue weighted by molar-refractivity contribution is 6.74. The Bertz CT molecular complexity index is 797. The van der Waals surface area contributed by atoms with Crippen LogP contribution in [0.1, 0.15) is 39.4 Å². The van der Waals surface area contributed by atoms with Crippen LogP contribution in [0.3, 0.4) is 0 Å². The van der Waals surface area contributed by atoms with Gasteiger partial charge in [-0.25, -0.2) is 0 Å². The van der Waals surface area contributed by atoms with Gasteiger partial charge in [0.15, 0.2) is 8.32 Å². The maximum Gasteiger partial charge on any atom is 0.192 e.